The van der Waals surface area contributed by atoms with E-state index in [4.69, 9.17) is 0 Å². The van der Waals surface area contributed by atoms with Crippen molar-refractivity contribution in [2.75, 3.05) is 26.7 Å². The first-order chi connectivity index (χ1) is 10.3. The Morgan fingerprint density at radius 1 is 1.38 bits per heavy atom. The zero-order valence-electron chi connectivity index (χ0n) is 12.4. The molecular weight excluding hydrogens is 282 g/mol. The Bertz CT molecular complexity index is 607. The average Bonchev–Trinajstić information content (AvgIpc) is 3.10. The van der Waals surface area contributed by atoms with Crippen LogP contribution < -0.4 is 0 Å². The van der Waals surface area contributed by atoms with E-state index in [-0.39, 0.29) is 5.54 Å². The molecule has 2 aliphatic heterocycles. The summed E-state index contributed by atoms with van der Waals surface area (Å²) in [6, 6.07) is 0. The van der Waals surface area contributed by atoms with Gasteiger partial charge in [-0.3, -0.25) is 9.80 Å². The highest BCUT2D eigenvalue weighted by Gasteiger charge is 2.41. The van der Waals surface area contributed by atoms with Gasteiger partial charge >= 0.3 is 0 Å². The molecule has 0 radical (unpaired) electrons. The SMILES string of the molecule is CN1Cc2cncn2[C@@]2(CCCN(Cc3nccs3)C2)C1. The predicted octanol–water partition coefficient (Wildman–Crippen LogP) is 1.78. The summed E-state index contributed by atoms with van der Waals surface area (Å²) in [4.78, 5) is 13.8. The van der Waals surface area contributed by atoms with Gasteiger partial charge < -0.3 is 4.57 Å². The maximum absolute atomic E-state index is 4.44. The molecule has 2 aromatic rings. The summed E-state index contributed by atoms with van der Waals surface area (Å²) in [5, 5.41) is 3.29. The Morgan fingerprint density at radius 2 is 2.33 bits per heavy atom. The molecule has 0 aromatic carbocycles. The molecule has 0 unspecified atom stereocenters. The largest absolute Gasteiger partial charge is 0.325 e. The smallest absolute Gasteiger partial charge is 0.107 e. The lowest BCUT2D eigenvalue weighted by Crippen LogP contribution is -2.57. The van der Waals surface area contributed by atoms with Gasteiger partial charge in [0.15, 0.2) is 0 Å². The van der Waals surface area contributed by atoms with E-state index in [1.165, 1.54) is 30.1 Å². The molecule has 0 saturated carbocycles. The lowest BCUT2D eigenvalue weighted by Gasteiger charge is -2.48. The molecule has 0 aliphatic carbocycles. The minimum absolute atomic E-state index is 0.189. The Morgan fingerprint density at radius 3 is 3.19 bits per heavy atom. The molecule has 4 rings (SSSR count). The zero-order chi connectivity index (χ0) is 14.3. The first-order valence-electron chi connectivity index (χ1n) is 7.56. The van der Waals surface area contributed by atoms with Crippen molar-refractivity contribution in [1.82, 2.24) is 24.3 Å². The number of piperidine rings is 1. The molecule has 1 saturated heterocycles. The quantitative estimate of drug-likeness (QED) is 0.847. The fourth-order valence-electron chi connectivity index (χ4n) is 3.97. The summed E-state index contributed by atoms with van der Waals surface area (Å²) in [6.45, 7) is 5.38. The molecule has 4 heterocycles. The van der Waals surface area contributed by atoms with Crippen molar-refractivity contribution < 1.29 is 0 Å². The summed E-state index contributed by atoms with van der Waals surface area (Å²) in [5.41, 5.74) is 1.54. The standard InChI is InChI=1S/C15H21N5S/c1-18-8-13-7-16-12-20(13)15(10-18)3-2-5-19(11-15)9-14-17-4-6-21-14/h4,6-7,12H,2-3,5,8-11H2,1H3/t15-/m0/s1. The first-order valence-corrected chi connectivity index (χ1v) is 8.44. The number of likely N-dealkylation sites (N-methyl/N-ethyl adjacent to an activating group) is 1. The van der Waals surface area contributed by atoms with Crippen LogP contribution in [0.25, 0.3) is 0 Å². The summed E-state index contributed by atoms with van der Waals surface area (Å²) < 4.78 is 2.45. The second kappa shape index (κ2) is 5.19. The van der Waals surface area contributed by atoms with Gasteiger partial charge in [0.1, 0.15) is 5.01 Å². The van der Waals surface area contributed by atoms with E-state index >= 15 is 0 Å². The van der Waals surface area contributed by atoms with E-state index in [1.807, 2.05) is 18.7 Å². The number of nitrogens with zero attached hydrogens (tertiary/aromatic N) is 5. The van der Waals surface area contributed by atoms with Gasteiger partial charge in [-0.05, 0) is 26.4 Å². The van der Waals surface area contributed by atoms with Crippen molar-refractivity contribution in [2.45, 2.75) is 31.5 Å². The van der Waals surface area contributed by atoms with E-state index in [2.05, 4.69) is 36.8 Å². The van der Waals surface area contributed by atoms with Gasteiger partial charge in [-0.2, -0.15) is 0 Å². The minimum atomic E-state index is 0.189. The highest BCUT2D eigenvalue weighted by Crippen LogP contribution is 2.35. The van der Waals surface area contributed by atoms with Crippen LogP contribution in [0.2, 0.25) is 0 Å². The lowest BCUT2D eigenvalue weighted by atomic mass is 9.86. The number of likely N-dealkylation sites (tertiary alicyclic amines) is 1. The van der Waals surface area contributed by atoms with Crippen LogP contribution in [0.5, 0.6) is 0 Å². The van der Waals surface area contributed by atoms with Crippen molar-refractivity contribution >= 4 is 11.3 Å². The second-order valence-corrected chi connectivity index (χ2v) is 7.37. The third-order valence-corrected chi connectivity index (χ3v) is 5.46. The maximum Gasteiger partial charge on any atom is 0.107 e. The highest BCUT2D eigenvalue weighted by atomic mass is 32.1. The number of hydrogen-bond acceptors (Lipinski definition) is 5. The minimum Gasteiger partial charge on any atom is -0.325 e. The molecule has 5 nitrogen and oxygen atoms in total. The van der Waals surface area contributed by atoms with Gasteiger partial charge in [0.2, 0.25) is 0 Å². The van der Waals surface area contributed by atoms with Crippen LogP contribution in [0.4, 0.5) is 0 Å². The Labute approximate surface area is 129 Å². The highest BCUT2D eigenvalue weighted by molar-refractivity contribution is 7.09. The van der Waals surface area contributed by atoms with Gasteiger partial charge in [-0.25, -0.2) is 9.97 Å². The number of aromatic nitrogens is 3. The van der Waals surface area contributed by atoms with Crippen molar-refractivity contribution in [2.24, 2.45) is 0 Å². The third kappa shape index (κ3) is 2.41. The van der Waals surface area contributed by atoms with Crippen LogP contribution in [0.1, 0.15) is 23.5 Å². The van der Waals surface area contributed by atoms with Crippen LogP contribution in [0.3, 0.4) is 0 Å². The Kier molecular flexibility index (Phi) is 3.32. The molecule has 2 aromatic heterocycles. The normalized spacial score (nSPS) is 27.1. The first kappa shape index (κ1) is 13.4. The van der Waals surface area contributed by atoms with Gasteiger partial charge in [0.05, 0.1) is 24.1 Å². The molecule has 2 aliphatic rings. The van der Waals surface area contributed by atoms with Gasteiger partial charge in [-0.15, -0.1) is 11.3 Å². The molecule has 1 atom stereocenters. The average molecular weight is 303 g/mol. The van der Waals surface area contributed by atoms with Gasteiger partial charge in [0.25, 0.3) is 0 Å². The molecule has 0 amide bonds. The number of rotatable bonds is 2. The molecule has 1 spiro atoms. The molecule has 0 bridgehead atoms. The monoisotopic (exact) mass is 303 g/mol. The van der Waals surface area contributed by atoms with Crippen LogP contribution in [0, 0.1) is 0 Å². The topological polar surface area (TPSA) is 37.2 Å². The fourth-order valence-corrected chi connectivity index (χ4v) is 4.62. The van der Waals surface area contributed by atoms with Crippen molar-refractivity contribution in [3.63, 3.8) is 0 Å². The zero-order valence-corrected chi connectivity index (χ0v) is 13.2. The number of fused-ring (bicyclic) bond motifs is 2. The van der Waals surface area contributed by atoms with E-state index in [9.17, 15) is 0 Å². The van der Waals surface area contributed by atoms with Gasteiger partial charge in [-0.1, -0.05) is 0 Å². The molecule has 112 valence electrons. The molecule has 0 N–H and O–H groups in total. The van der Waals surface area contributed by atoms with Crippen LogP contribution in [-0.4, -0.2) is 51.0 Å². The number of hydrogen-bond donors (Lipinski definition) is 0. The van der Waals surface area contributed by atoms with E-state index in [0.29, 0.717) is 0 Å². The number of imidazole rings is 1. The van der Waals surface area contributed by atoms with Crippen molar-refractivity contribution in [1.29, 1.82) is 0 Å². The third-order valence-electron chi connectivity index (χ3n) is 4.70. The Balaban J connectivity index is 1.60. The van der Waals surface area contributed by atoms with Crippen LogP contribution in [-0.2, 0) is 18.6 Å². The van der Waals surface area contributed by atoms with Crippen LogP contribution in [0.15, 0.2) is 24.1 Å². The summed E-state index contributed by atoms with van der Waals surface area (Å²) in [6.07, 6.45) is 8.46. The summed E-state index contributed by atoms with van der Waals surface area (Å²) in [7, 11) is 2.22. The van der Waals surface area contributed by atoms with E-state index in [1.54, 1.807) is 11.3 Å². The lowest BCUT2D eigenvalue weighted by molar-refractivity contribution is 0.0372. The predicted molar refractivity (Wildman–Crippen MR) is 83.2 cm³/mol. The molecule has 21 heavy (non-hydrogen) atoms. The van der Waals surface area contributed by atoms with Crippen molar-refractivity contribution in [3.8, 4) is 0 Å². The summed E-state index contributed by atoms with van der Waals surface area (Å²) >= 11 is 1.76. The second-order valence-electron chi connectivity index (χ2n) is 6.39. The molecule has 6 heteroatoms. The van der Waals surface area contributed by atoms with E-state index in [0.717, 1.165) is 26.2 Å². The van der Waals surface area contributed by atoms with Gasteiger partial charge in [0, 0.05) is 37.4 Å². The van der Waals surface area contributed by atoms with Crippen LogP contribution >= 0.6 is 11.3 Å². The summed E-state index contributed by atoms with van der Waals surface area (Å²) in [5.74, 6) is 0. The fraction of sp³-hybridized carbons (Fsp3) is 0.600. The maximum atomic E-state index is 4.44. The van der Waals surface area contributed by atoms with E-state index < -0.39 is 0 Å². The molecule has 1 fully saturated rings. The van der Waals surface area contributed by atoms with Crippen molar-refractivity contribution in [3.05, 3.63) is 34.8 Å². The molecular formula is C15H21N5S. The Hall–Kier alpha value is -1.24. The number of thiazole rings is 1.